The molecule has 0 amide bonds. The highest BCUT2D eigenvalue weighted by Crippen LogP contribution is 2.28. The van der Waals surface area contributed by atoms with Gasteiger partial charge in [-0.3, -0.25) is 9.59 Å². The lowest BCUT2D eigenvalue weighted by atomic mass is 9.80. The van der Waals surface area contributed by atoms with Crippen molar-refractivity contribution in [1.29, 1.82) is 0 Å². The van der Waals surface area contributed by atoms with Crippen LogP contribution in [0.2, 0.25) is 0 Å². The number of unbranched alkanes of at least 4 members (excludes halogenated alkanes) is 4. The number of methoxy groups -OCH3 is 1. The van der Waals surface area contributed by atoms with E-state index < -0.39 is 0 Å². The Morgan fingerprint density at radius 2 is 1.76 bits per heavy atom. The molecule has 1 aliphatic rings. The molecule has 0 bridgehead atoms. The van der Waals surface area contributed by atoms with Gasteiger partial charge in [-0.15, -0.1) is 0 Å². The Morgan fingerprint density at radius 1 is 1.10 bits per heavy atom. The molecule has 0 aromatic carbocycles. The van der Waals surface area contributed by atoms with Crippen LogP contribution in [0.15, 0.2) is 0 Å². The summed E-state index contributed by atoms with van der Waals surface area (Å²) in [7, 11) is 1.45. The van der Waals surface area contributed by atoms with E-state index in [1.807, 2.05) is 6.92 Å². The van der Waals surface area contributed by atoms with Crippen molar-refractivity contribution < 1.29 is 19.1 Å². The second-order valence-electron chi connectivity index (χ2n) is 5.67. The number of rotatable bonds is 11. The first kappa shape index (κ1) is 18.0. The largest absolute Gasteiger partial charge is 0.469 e. The SMILES string of the molecule is CCOC(=O)CCCCCCCNC1CC(C(=O)OC)C1. The fourth-order valence-corrected chi connectivity index (χ4v) is 2.61. The van der Waals surface area contributed by atoms with Gasteiger partial charge < -0.3 is 14.8 Å². The molecule has 5 nitrogen and oxygen atoms in total. The second kappa shape index (κ2) is 10.6. The number of carbonyl (C=O) groups is 2. The van der Waals surface area contributed by atoms with Gasteiger partial charge in [-0.1, -0.05) is 19.3 Å². The zero-order chi connectivity index (χ0) is 15.5. The molecule has 0 saturated heterocycles. The summed E-state index contributed by atoms with van der Waals surface area (Å²) in [5.41, 5.74) is 0. The molecule has 21 heavy (non-hydrogen) atoms. The van der Waals surface area contributed by atoms with Crippen LogP contribution in [0.25, 0.3) is 0 Å². The van der Waals surface area contributed by atoms with Crippen molar-refractivity contribution in [1.82, 2.24) is 5.32 Å². The number of hydrogen-bond acceptors (Lipinski definition) is 5. The molecule has 1 saturated carbocycles. The molecule has 0 aliphatic heterocycles. The summed E-state index contributed by atoms with van der Waals surface area (Å²) < 4.78 is 9.60. The van der Waals surface area contributed by atoms with Crippen LogP contribution in [0.5, 0.6) is 0 Å². The van der Waals surface area contributed by atoms with Crippen LogP contribution in [0.1, 0.15) is 58.3 Å². The molecule has 122 valence electrons. The third-order valence-electron chi connectivity index (χ3n) is 3.97. The minimum Gasteiger partial charge on any atom is -0.469 e. The highest BCUT2D eigenvalue weighted by atomic mass is 16.5. The van der Waals surface area contributed by atoms with Crippen molar-refractivity contribution in [2.45, 2.75) is 64.3 Å². The van der Waals surface area contributed by atoms with Crippen LogP contribution in [0, 0.1) is 5.92 Å². The highest BCUT2D eigenvalue weighted by molar-refractivity contribution is 5.73. The number of esters is 2. The topological polar surface area (TPSA) is 64.6 Å². The van der Waals surface area contributed by atoms with Crippen molar-refractivity contribution in [2.75, 3.05) is 20.3 Å². The fourth-order valence-electron chi connectivity index (χ4n) is 2.61. The monoisotopic (exact) mass is 299 g/mol. The van der Waals surface area contributed by atoms with Gasteiger partial charge in [-0.2, -0.15) is 0 Å². The number of hydrogen-bond donors (Lipinski definition) is 1. The van der Waals surface area contributed by atoms with Crippen molar-refractivity contribution in [3.05, 3.63) is 0 Å². The van der Waals surface area contributed by atoms with Gasteiger partial charge in [0.15, 0.2) is 0 Å². The Hall–Kier alpha value is -1.10. The molecule has 0 aromatic rings. The smallest absolute Gasteiger partial charge is 0.308 e. The zero-order valence-corrected chi connectivity index (χ0v) is 13.4. The van der Waals surface area contributed by atoms with E-state index in [4.69, 9.17) is 9.47 Å². The Kier molecular flexibility index (Phi) is 9.06. The lowest BCUT2D eigenvalue weighted by molar-refractivity contribution is -0.149. The van der Waals surface area contributed by atoms with Gasteiger partial charge in [0.1, 0.15) is 0 Å². The van der Waals surface area contributed by atoms with E-state index >= 15 is 0 Å². The predicted octanol–water partition coefficient (Wildman–Crippen LogP) is 2.43. The lowest BCUT2D eigenvalue weighted by Crippen LogP contribution is -2.44. The van der Waals surface area contributed by atoms with Crippen LogP contribution in [-0.4, -0.2) is 38.2 Å². The summed E-state index contributed by atoms with van der Waals surface area (Å²) in [6.07, 6.45) is 7.88. The molecular weight excluding hydrogens is 270 g/mol. The summed E-state index contributed by atoms with van der Waals surface area (Å²) in [5, 5.41) is 3.47. The van der Waals surface area contributed by atoms with Crippen LogP contribution in [-0.2, 0) is 19.1 Å². The first-order valence-electron chi connectivity index (χ1n) is 8.14. The van der Waals surface area contributed by atoms with E-state index in [0.29, 0.717) is 19.1 Å². The van der Waals surface area contributed by atoms with E-state index in [0.717, 1.165) is 45.1 Å². The molecule has 0 aromatic heterocycles. The van der Waals surface area contributed by atoms with E-state index in [-0.39, 0.29) is 17.9 Å². The van der Waals surface area contributed by atoms with Gasteiger partial charge in [-0.25, -0.2) is 0 Å². The van der Waals surface area contributed by atoms with Gasteiger partial charge in [0.2, 0.25) is 0 Å². The third kappa shape index (κ3) is 7.46. The number of ether oxygens (including phenoxy) is 2. The highest BCUT2D eigenvalue weighted by Gasteiger charge is 2.34. The van der Waals surface area contributed by atoms with Crippen molar-refractivity contribution in [2.24, 2.45) is 5.92 Å². The average Bonchev–Trinajstić information content (AvgIpc) is 2.43. The van der Waals surface area contributed by atoms with Crippen molar-refractivity contribution in [3.63, 3.8) is 0 Å². The Labute approximate surface area is 127 Å². The molecule has 5 heteroatoms. The number of nitrogens with one attached hydrogen (secondary N) is 1. The molecule has 0 atom stereocenters. The molecule has 1 aliphatic carbocycles. The maximum atomic E-state index is 11.2. The summed E-state index contributed by atoms with van der Waals surface area (Å²) in [6.45, 7) is 3.32. The molecule has 0 radical (unpaired) electrons. The van der Waals surface area contributed by atoms with E-state index in [2.05, 4.69) is 5.32 Å². The molecule has 1 rings (SSSR count). The summed E-state index contributed by atoms with van der Waals surface area (Å²) >= 11 is 0. The minimum atomic E-state index is -0.0793. The summed E-state index contributed by atoms with van der Waals surface area (Å²) in [6, 6.07) is 0.484. The summed E-state index contributed by atoms with van der Waals surface area (Å²) in [5.74, 6) is -0.0469. The van der Waals surface area contributed by atoms with Crippen molar-refractivity contribution >= 4 is 11.9 Å². The Morgan fingerprint density at radius 3 is 2.43 bits per heavy atom. The molecule has 1 fully saturated rings. The van der Waals surface area contributed by atoms with Gasteiger partial charge in [0.25, 0.3) is 0 Å². The minimum absolute atomic E-state index is 0.0744. The van der Waals surface area contributed by atoms with Crippen molar-refractivity contribution in [3.8, 4) is 0 Å². The average molecular weight is 299 g/mol. The predicted molar refractivity (Wildman–Crippen MR) is 80.9 cm³/mol. The molecular formula is C16H29NO4. The number of carbonyl (C=O) groups excluding carboxylic acids is 2. The first-order chi connectivity index (χ1) is 10.2. The lowest BCUT2D eigenvalue weighted by Gasteiger charge is -2.33. The van der Waals surface area contributed by atoms with Crippen LogP contribution in [0.4, 0.5) is 0 Å². The van der Waals surface area contributed by atoms with Gasteiger partial charge in [0, 0.05) is 12.5 Å². The van der Waals surface area contributed by atoms with Gasteiger partial charge >= 0.3 is 11.9 Å². The molecule has 0 heterocycles. The summed E-state index contributed by atoms with van der Waals surface area (Å²) in [4.78, 5) is 22.3. The zero-order valence-electron chi connectivity index (χ0n) is 13.4. The third-order valence-corrected chi connectivity index (χ3v) is 3.97. The fraction of sp³-hybridized carbons (Fsp3) is 0.875. The van der Waals surface area contributed by atoms with E-state index in [9.17, 15) is 9.59 Å². The normalized spacial score (nSPS) is 20.7. The molecule has 0 spiro atoms. The van der Waals surface area contributed by atoms with Gasteiger partial charge in [0.05, 0.1) is 19.6 Å². The van der Waals surface area contributed by atoms with Gasteiger partial charge in [-0.05, 0) is 39.2 Å². The maximum Gasteiger partial charge on any atom is 0.308 e. The van der Waals surface area contributed by atoms with Crippen LogP contribution >= 0.6 is 0 Å². The first-order valence-corrected chi connectivity index (χ1v) is 8.14. The van der Waals surface area contributed by atoms with E-state index in [1.165, 1.54) is 13.5 Å². The molecule has 0 unspecified atom stereocenters. The Balaban J connectivity index is 1.82. The van der Waals surface area contributed by atoms with Crippen LogP contribution in [0.3, 0.4) is 0 Å². The van der Waals surface area contributed by atoms with Crippen LogP contribution < -0.4 is 5.32 Å². The standard InChI is InChI=1S/C16H29NO4/c1-3-21-15(18)9-7-5-4-6-8-10-17-14-11-13(12-14)16(19)20-2/h13-14,17H,3-12H2,1-2H3. The molecule has 1 N–H and O–H groups in total. The van der Waals surface area contributed by atoms with E-state index in [1.54, 1.807) is 0 Å². The maximum absolute atomic E-state index is 11.2. The quantitative estimate of drug-likeness (QED) is 0.469. The second-order valence-corrected chi connectivity index (χ2v) is 5.67. The Bertz CT molecular complexity index is 313.